The standard InChI is InChI=1S/C16H14FN3O2S/c1-10-2-3-12(8-13(10)17)18-14(21)4-5-15-19-20-16(22-15)11-6-7-23-9-11/h2-3,6-9H,4-5H2,1H3,(H,18,21). The number of halogens is 1. The molecule has 1 aromatic carbocycles. The smallest absolute Gasteiger partial charge is 0.248 e. The minimum Gasteiger partial charge on any atom is -0.421 e. The number of hydrogen-bond donors (Lipinski definition) is 1. The number of amides is 1. The molecule has 23 heavy (non-hydrogen) atoms. The topological polar surface area (TPSA) is 68.0 Å². The Morgan fingerprint density at radius 2 is 2.22 bits per heavy atom. The van der Waals surface area contributed by atoms with E-state index in [0.29, 0.717) is 29.5 Å². The molecule has 0 saturated heterocycles. The van der Waals surface area contributed by atoms with Gasteiger partial charge in [-0.1, -0.05) is 6.07 Å². The zero-order valence-electron chi connectivity index (χ0n) is 12.4. The lowest BCUT2D eigenvalue weighted by Crippen LogP contribution is -2.12. The second-order valence-electron chi connectivity index (χ2n) is 5.03. The van der Waals surface area contributed by atoms with E-state index >= 15 is 0 Å². The van der Waals surface area contributed by atoms with Gasteiger partial charge in [0.1, 0.15) is 5.82 Å². The molecule has 3 rings (SSSR count). The molecule has 7 heteroatoms. The minimum absolute atomic E-state index is 0.181. The van der Waals surface area contributed by atoms with Crippen LogP contribution in [0.3, 0.4) is 0 Å². The van der Waals surface area contributed by atoms with Crippen molar-refractivity contribution in [2.24, 2.45) is 0 Å². The van der Waals surface area contributed by atoms with Gasteiger partial charge in [-0.05, 0) is 36.1 Å². The van der Waals surface area contributed by atoms with Crippen molar-refractivity contribution >= 4 is 22.9 Å². The van der Waals surface area contributed by atoms with Crippen molar-refractivity contribution in [1.29, 1.82) is 0 Å². The Morgan fingerprint density at radius 1 is 1.35 bits per heavy atom. The van der Waals surface area contributed by atoms with Gasteiger partial charge in [-0.25, -0.2) is 4.39 Å². The Balaban J connectivity index is 1.55. The van der Waals surface area contributed by atoms with Gasteiger partial charge >= 0.3 is 0 Å². The van der Waals surface area contributed by atoms with Crippen molar-refractivity contribution in [3.05, 3.63) is 52.3 Å². The first kappa shape index (κ1) is 15.4. The summed E-state index contributed by atoms with van der Waals surface area (Å²) in [5.41, 5.74) is 1.84. The number of thiophene rings is 1. The van der Waals surface area contributed by atoms with E-state index in [-0.39, 0.29) is 18.1 Å². The molecule has 3 aromatic rings. The molecule has 0 aliphatic rings. The number of hydrogen-bond acceptors (Lipinski definition) is 5. The van der Waals surface area contributed by atoms with Crippen LogP contribution in [0, 0.1) is 12.7 Å². The van der Waals surface area contributed by atoms with Gasteiger partial charge in [0.15, 0.2) is 0 Å². The van der Waals surface area contributed by atoms with Gasteiger partial charge in [-0.15, -0.1) is 10.2 Å². The van der Waals surface area contributed by atoms with E-state index in [1.807, 2.05) is 16.8 Å². The Morgan fingerprint density at radius 3 is 2.96 bits per heavy atom. The highest BCUT2D eigenvalue weighted by atomic mass is 32.1. The van der Waals surface area contributed by atoms with Crippen molar-refractivity contribution in [2.45, 2.75) is 19.8 Å². The van der Waals surface area contributed by atoms with Gasteiger partial charge in [-0.3, -0.25) is 4.79 Å². The fraction of sp³-hybridized carbons (Fsp3) is 0.188. The summed E-state index contributed by atoms with van der Waals surface area (Å²) in [5.74, 6) is 0.266. The van der Waals surface area contributed by atoms with Crippen LogP contribution in [-0.4, -0.2) is 16.1 Å². The third kappa shape index (κ3) is 3.81. The Bertz CT molecular complexity index is 815. The molecule has 1 N–H and O–H groups in total. The van der Waals surface area contributed by atoms with Crippen LogP contribution in [0.2, 0.25) is 0 Å². The summed E-state index contributed by atoms with van der Waals surface area (Å²) in [6.07, 6.45) is 0.512. The molecule has 118 valence electrons. The van der Waals surface area contributed by atoms with E-state index in [4.69, 9.17) is 4.42 Å². The maximum absolute atomic E-state index is 13.4. The second kappa shape index (κ2) is 6.70. The number of carbonyl (C=O) groups excluding carboxylic acids is 1. The Labute approximate surface area is 136 Å². The summed E-state index contributed by atoms with van der Waals surface area (Å²) in [6, 6.07) is 6.48. The van der Waals surface area contributed by atoms with Crippen LogP contribution in [0.5, 0.6) is 0 Å². The first-order valence-electron chi connectivity index (χ1n) is 7.03. The number of benzene rings is 1. The molecule has 0 unspecified atom stereocenters. The van der Waals surface area contributed by atoms with E-state index < -0.39 is 0 Å². The summed E-state index contributed by atoms with van der Waals surface area (Å²) in [7, 11) is 0. The summed E-state index contributed by atoms with van der Waals surface area (Å²) < 4.78 is 18.9. The van der Waals surface area contributed by atoms with Crippen LogP contribution in [0.1, 0.15) is 17.9 Å². The number of nitrogens with one attached hydrogen (secondary N) is 1. The lowest BCUT2D eigenvalue weighted by Gasteiger charge is -2.05. The molecule has 2 aromatic heterocycles. The number of anilines is 1. The molecule has 0 aliphatic carbocycles. The highest BCUT2D eigenvalue weighted by molar-refractivity contribution is 7.08. The molecule has 0 atom stereocenters. The Hall–Kier alpha value is -2.54. The number of nitrogens with zero attached hydrogens (tertiary/aromatic N) is 2. The molecule has 0 fully saturated rings. The maximum Gasteiger partial charge on any atom is 0.248 e. The SMILES string of the molecule is Cc1ccc(NC(=O)CCc2nnc(-c3ccsc3)o2)cc1F. The monoisotopic (exact) mass is 331 g/mol. The predicted octanol–water partition coefficient (Wildman–Crippen LogP) is 3.82. The van der Waals surface area contributed by atoms with Crippen LogP contribution >= 0.6 is 11.3 Å². The van der Waals surface area contributed by atoms with Crippen LogP contribution in [-0.2, 0) is 11.2 Å². The number of rotatable bonds is 5. The van der Waals surface area contributed by atoms with E-state index in [2.05, 4.69) is 15.5 Å². The highest BCUT2D eigenvalue weighted by Crippen LogP contribution is 2.21. The lowest BCUT2D eigenvalue weighted by molar-refractivity contribution is -0.116. The average molecular weight is 331 g/mol. The van der Waals surface area contributed by atoms with Gasteiger partial charge in [0, 0.05) is 29.5 Å². The van der Waals surface area contributed by atoms with Gasteiger partial charge in [0.05, 0.1) is 0 Å². The van der Waals surface area contributed by atoms with Crippen molar-refractivity contribution in [3.8, 4) is 11.5 Å². The maximum atomic E-state index is 13.4. The quantitative estimate of drug-likeness (QED) is 0.772. The molecule has 1 amide bonds. The summed E-state index contributed by atoms with van der Waals surface area (Å²) in [4.78, 5) is 11.9. The first-order valence-corrected chi connectivity index (χ1v) is 7.97. The average Bonchev–Trinajstić information content (AvgIpc) is 3.19. The van der Waals surface area contributed by atoms with Crippen molar-refractivity contribution < 1.29 is 13.6 Å². The molecule has 0 spiro atoms. The summed E-state index contributed by atoms with van der Waals surface area (Å²) in [6.45, 7) is 1.67. The third-order valence-corrected chi connectivity index (χ3v) is 3.94. The molecule has 0 saturated carbocycles. The molecular weight excluding hydrogens is 317 g/mol. The summed E-state index contributed by atoms with van der Waals surface area (Å²) in [5, 5.41) is 14.4. The number of aromatic nitrogens is 2. The summed E-state index contributed by atoms with van der Waals surface area (Å²) >= 11 is 1.54. The van der Waals surface area contributed by atoms with Crippen LogP contribution in [0.4, 0.5) is 10.1 Å². The second-order valence-corrected chi connectivity index (χ2v) is 5.81. The highest BCUT2D eigenvalue weighted by Gasteiger charge is 2.11. The van der Waals surface area contributed by atoms with Crippen LogP contribution < -0.4 is 5.32 Å². The largest absolute Gasteiger partial charge is 0.421 e. The zero-order valence-corrected chi connectivity index (χ0v) is 13.2. The molecule has 0 aliphatic heterocycles. The molecule has 5 nitrogen and oxygen atoms in total. The third-order valence-electron chi connectivity index (χ3n) is 3.26. The molecule has 0 radical (unpaired) electrons. The fourth-order valence-electron chi connectivity index (χ4n) is 1.97. The van der Waals surface area contributed by atoms with Crippen molar-refractivity contribution in [2.75, 3.05) is 5.32 Å². The van der Waals surface area contributed by atoms with Crippen molar-refractivity contribution in [3.63, 3.8) is 0 Å². The molecular formula is C16H14FN3O2S. The van der Waals surface area contributed by atoms with Gasteiger partial charge in [0.25, 0.3) is 0 Å². The molecule has 0 bridgehead atoms. The van der Waals surface area contributed by atoms with Gasteiger partial charge in [-0.2, -0.15) is 11.3 Å². The number of carbonyl (C=O) groups is 1. The minimum atomic E-state index is -0.347. The van der Waals surface area contributed by atoms with E-state index in [1.54, 1.807) is 30.4 Å². The molecule has 2 heterocycles. The van der Waals surface area contributed by atoms with Gasteiger partial charge in [0.2, 0.25) is 17.7 Å². The lowest BCUT2D eigenvalue weighted by atomic mass is 10.2. The first-order chi connectivity index (χ1) is 11.1. The zero-order chi connectivity index (χ0) is 16.2. The van der Waals surface area contributed by atoms with Gasteiger partial charge < -0.3 is 9.73 Å². The number of aryl methyl sites for hydroxylation is 2. The van der Waals surface area contributed by atoms with Crippen LogP contribution in [0.15, 0.2) is 39.4 Å². The van der Waals surface area contributed by atoms with Crippen molar-refractivity contribution in [1.82, 2.24) is 10.2 Å². The van der Waals surface area contributed by atoms with E-state index in [1.165, 1.54) is 6.07 Å². The normalized spacial score (nSPS) is 10.7. The fourth-order valence-corrected chi connectivity index (χ4v) is 2.60. The Kier molecular flexibility index (Phi) is 4.47. The predicted molar refractivity (Wildman–Crippen MR) is 85.7 cm³/mol. The van der Waals surface area contributed by atoms with Crippen LogP contribution in [0.25, 0.3) is 11.5 Å². The van der Waals surface area contributed by atoms with E-state index in [0.717, 1.165) is 5.56 Å². The van der Waals surface area contributed by atoms with E-state index in [9.17, 15) is 9.18 Å².